The average Bonchev–Trinajstić information content (AvgIpc) is 2.47. The third-order valence-electron chi connectivity index (χ3n) is 3.90. The summed E-state index contributed by atoms with van der Waals surface area (Å²) in [5, 5.41) is 0. The van der Waals surface area contributed by atoms with Crippen LogP contribution in [0, 0.1) is 5.92 Å². The highest BCUT2D eigenvalue weighted by Gasteiger charge is 2.11. The van der Waals surface area contributed by atoms with E-state index in [1.165, 1.54) is 69.8 Å². The lowest BCUT2D eigenvalue weighted by molar-refractivity contribution is 0.460. The molecule has 0 heterocycles. The molecule has 0 aliphatic rings. The lowest BCUT2D eigenvalue weighted by Gasteiger charge is -2.18. The van der Waals surface area contributed by atoms with Crippen LogP contribution < -0.4 is 5.73 Å². The van der Waals surface area contributed by atoms with Gasteiger partial charge in [-0.2, -0.15) is 0 Å². The van der Waals surface area contributed by atoms with E-state index in [0.29, 0.717) is 5.92 Å². The van der Waals surface area contributed by atoms with E-state index in [2.05, 4.69) is 26.5 Å². The van der Waals surface area contributed by atoms with Crippen LogP contribution in [0.2, 0.25) is 0 Å². The molecule has 0 bridgehead atoms. The topological polar surface area (TPSA) is 26.0 Å². The molecule has 0 amide bonds. The van der Waals surface area contributed by atoms with Crippen LogP contribution in [0.25, 0.3) is 0 Å². The molecule has 0 aliphatic heterocycles. The van der Waals surface area contributed by atoms with E-state index in [-0.39, 0.29) is 0 Å². The van der Waals surface area contributed by atoms with Gasteiger partial charge in [-0.25, -0.2) is 0 Å². The van der Waals surface area contributed by atoms with E-state index >= 15 is 0 Å². The Labute approximate surface area is 127 Å². The van der Waals surface area contributed by atoms with Gasteiger partial charge in [0.25, 0.3) is 0 Å². The van der Waals surface area contributed by atoms with Gasteiger partial charge in [0, 0.05) is 0 Å². The summed E-state index contributed by atoms with van der Waals surface area (Å²) in [5.74, 6) is 0.630. The van der Waals surface area contributed by atoms with Crippen LogP contribution in [0.4, 0.5) is 0 Å². The fraction of sp³-hybridized carbons (Fsp3) is 0.684. The Hall–Kier alpha value is -0.980. The summed E-state index contributed by atoms with van der Waals surface area (Å²) in [4.78, 5) is 0. The quantitative estimate of drug-likeness (QED) is 0.318. The minimum atomic E-state index is 0.630. The molecule has 0 atom stereocenters. The molecule has 1 nitrogen and oxygen atoms in total. The number of nitrogens with two attached hydrogens (primary N) is 1. The second kappa shape index (κ2) is 14.4. The van der Waals surface area contributed by atoms with E-state index in [1.54, 1.807) is 6.20 Å². The SMILES string of the molecule is C=C/C=C\C(=C/N)C(CCCCCC)CCCCCC. The highest BCUT2D eigenvalue weighted by molar-refractivity contribution is 5.23. The predicted molar refractivity (Wildman–Crippen MR) is 92.6 cm³/mol. The zero-order valence-electron chi connectivity index (χ0n) is 13.7. The van der Waals surface area contributed by atoms with Gasteiger partial charge in [0.2, 0.25) is 0 Å². The van der Waals surface area contributed by atoms with Crippen LogP contribution in [0.15, 0.2) is 36.6 Å². The normalized spacial score (nSPS) is 12.4. The summed E-state index contributed by atoms with van der Waals surface area (Å²) in [6, 6.07) is 0. The number of unbranched alkanes of at least 4 members (excludes halogenated alkanes) is 6. The van der Waals surface area contributed by atoms with E-state index in [9.17, 15) is 0 Å². The van der Waals surface area contributed by atoms with E-state index in [0.717, 1.165) is 0 Å². The van der Waals surface area contributed by atoms with Crippen molar-refractivity contribution in [2.24, 2.45) is 11.7 Å². The Morgan fingerprint density at radius 1 is 0.950 bits per heavy atom. The van der Waals surface area contributed by atoms with Crippen molar-refractivity contribution in [3.8, 4) is 0 Å². The summed E-state index contributed by atoms with van der Waals surface area (Å²) < 4.78 is 0. The summed E-state index contributed by atoms with van der Waals surface area (Å²) in [6.45, 7) is 8.27. The highest BCUT2D eigenvalue weighted by Crippen LogP contribution is 2.25. The van der Waals surface area contributed by atoms with Gasteiger partial charge in [0.05, 0.1) is 0 Å². The van der Waals surface area contributed by atoms with Gasteiger partial charge in [-0.1, -0.05) is 90.0 Å². The van der Waals surface area contributed by atoms with Crippen LogP contribution in [-0.2, 0) is 0 Å². The number of rotatable bonds is 13. The first-order valence-electron chi connectivity index (χ1n) is 8.50. The Kier molecular flexibility index (Phi) is 13.7. The van der Waals surface area contributed by atoms with Crippen LogP contribution in [-0.4, -0.2) is 0 Å². The third-order valence-corrected chi connectivity index (χ3v) is 3.90. The van der Waals surface area contributed by atoms with Crippen LogP contribution in [0.5, 0.6) is 0 Å². The van der Waals surface area contributed by atoms with Crippen molar-refractivity contribution in [2.45, 2.75) is 78.1 Å². The minimum absolute atomic E-state index is 0.630. The van der Waals surface area contributed by atoms with E-state index in [4.69, 9.17) is 5.73 Å². The van der Waals surface area contributed by atoms with Gasteiger partial charge in [-0.3, -0.25) is 0 Å². The van der Waals surface area contributed by atoms with Gasteiger partial charge in [0.1, 0.15) is 0 Å². The predicted octanol–water partition coefficient (Wildman–Crippen LogP) is 6.13. The van der Waals surface area contributed by atoms with Crippen molar-refractivity contribution >= 4 is 0 Å². The van der Waals surface area contributed by atoms with Gasteiger partial charge < -0.3 is 5.73 Å². The van der Waals surface area contributed by atoms with Gasteiger partial charge in [0.15, 0.2) is 0 Å². The van der Waals surface area contributed by atoms with E-state index in [1.807, 2.05) is 12.2 Å². The minimum Gasteiger partial charge on any atom is -0.404 e. The standard InChI is InChI=1S/C19H35N/c1-4-7-10-12-15-18(16-13-11-8-5-2)19(17-20)14-9-6-3/h6,9,14,17-18H,3-5,7-8,10-13,15-16,20H2,1-2H3/b14-9-,19-17+. The molecule has 20 heavy (non-hydrogen) atoms. The van der Waals surface area contributed by atoms with Gasteiger partial charge >= 0.3 is 0 Å². The largest absolute Gasteiger partial charge is 0.404 e. The van der Waals surface area contributed by atoms with Crippen molar-refractivity contribution < 1.29 is 0 Å². The Balaban J connectivity index is 4.34. The number of hydrogen-bond acceptors (Lipinski definition) is 1. The molecule has 0 unspecified atom stereocenters. The molecule has 1 heteroatoms. The Morgan fingerprint density at radius 3 is 1.90 bits per heavy atom. The number of hydrogen-bond donors (Lipinski definition) is 1. The Bertz CT molecular complexity index is 263. The first kappa shape index (κ1) is 19.0. The lowest BCUT2D eigenvalue weighted by atomic mass is 9.88. The van der Waals surface area contributed by atoms with E-state index < -0.39 is 0 Å². The summed E-state index contributed by atoms with van der Waals surface area (Å²) in [5.41, 5.74) is 7.12. The molecule has 2 N–H and O–H groups in total. The molecule has 0 aromatic heterocycles. The first-order chi connectivity index (χ1) is 9.79. The van der Waals surface area contributed by atoms with Crippen molar-refractivity contribution in [1.29, 1.82) is 0 Å². The molecular weight excluding hydrogens is 242 g/mol. The molecule has 0 aromatic rings. The molecule has 0 spiro atoms. The monoisotopic (exact) mass is 277 g/mol. The maximum absolute atomic E-state index is 5.83. The molecule has 0 saturated carbocycles. The van der Waals surface area contributed by atoms with Crippen molar-refractivity contribution in [3.05, 3.63) is 36.6 Å². The summed E-state index contributed by atoms with van der Waals surface area (Å²) >= 11 is 0. The van der Waals surface area contributed by atoms with Crippen molar-refractivity contribution in [1.82, 2.24) is 0 Å². The van der Waals surface area contributed by atoms with Crippen LogP contribution in [0.3, 0.4) is 0 Å². The second-order valence-electron chi connectivity index (χ2n) is 5.66. The fourth-order valence-electron chi connectivity index (χ4n) is 2.62. The molecule has 0 rings (SSSR count). The maximum atomic E-state index is 5.83. The zero-order valence-corrected chi connectivity index (χ0v) is 13.7. The summed E-state index contributed by atoms with van der Waals surface area (Å²) in [7, 11) is 0. The van der Waals surface area contributed by atoms with Gasteiger partial charge in [-0.05, 0) is 30.5 Å². The molecule has 0 saturated heterocycles. The molecule has 116 valence electrons. The molecule has 0 aromatic carbocycles. The van der Waals surface area contributed by atoms with Crippen LogP contribution in [0.1, 0.15) is 78.1 Å². The fourth-order valence-corrected chi connectivity index (χ4v) is 2.62. The molecule has 0 aliphatic carbocycles. The average molecular weight is 277 g/mol. The summed E-state index contributed by atoms with van der Waals surface area (Å²) in [6.07, 6.45) is 21.0. The Morgan fingerprint density at radius 2 is 1.50 bits per heavy atom. The van der Waals surface area contributed by atoms with Crippen molar-refractivity contribution in [2.75, 3.05) is 0 Å². The zero-order chi connectivity index (χ0) is 15.1. The molecule has 0 radical (unpaired) electrons. The van der Waals surface area contributed by atoms with Crippen LogP contribution >= 0.6 is 0 Å². The second-order valence-corrected chi connectivity index (χ2v) is 5.66. The smallest absolute Gasteiger partial charge is 0.00269 e. The van der Waals surface area contributed by atoms with Crippen molar-refractivity contribution in [3.63, 3.8) is 0 Å². The number of allylic oxidation sites excluding steroid dienone is 4. The molecular formula is C19H35N. The third kappa shape index (κ3) is 9.89. The lowest BCUT2D eigenvalue weighted by Crippen LogP contribution is -2.05. The first-order valence-corrected chi connectivity index (χ1v) is 8.50. The molecule has 0 fully saturated rings. The maximum Gasteiger partial charge on any atom is -0.00269 e. The highest BCUT2D eigenvalue weighted by atomic mass is 14.5. The van der Waals surface area contributed by atoms with Gasteiger partial charge in [-0.15, -0.1) is 0 Å².